The van der Waals surface area contributed by atoms with Gasteiger partial charge in [0.1, 0.15) is 5.69 Å². The minimum Gasteiger partial charge on any atom is -0.462 e. The molecule has 1 N–H and O–H groups in total. The van der Waals surface area contributed by atoms with Crippen molar-refractivity contribution >= 4 is 23.3 Å². The van der Waals surface area contributed by atoms with E-state index in [1.807, 2.05) is 31.2 Å². The first-order chi connectivity index (χ1) is 17.4. The topological polar surface area (TPSA) is 118 Å². The lowest BCUT2D eigenvalue weighted by molar-refractivity contribution is -0.384. The van der Waals surface area contributed by atoms with E-state index in [1.165, 1.54) is 12.1 Å². The molecule has 9 nitrogen and oxygen atoms in total. The zero-order valence-corrected chi connectivity index (χ0v) is 19.6. The highest BCUT2D eigenvalue weighted by Crippen LogP contribution is 2.45. The SMILES string of the molecule is CCOC(=O)c1ccc(N2C(=O)c3[nH]nc(-c4ccc(C)cc4)c3[C@@H]2c2ccc([N+](=O)[O-])cc2)cc1. The molecular formula is C27H22N4O5. The first-order valence-electron chi connectivity index (χ1n) is 11.4. The molecule has 1 aliphatic heterocycles. The molecular weight excluding hydrogens is 460 g/mol. The van der Waals surface area contributed by atoms with Crippen molar-refractivity contribution in [3.8, 4) is 11.3 Å². The number of H-pyrrole nitrogens is 1. The Kier molecular flexibility index (Phi) is 5.81. The summed E-state index contributed by atoms with van der Waals surface area (Å²) < 4.78 is 5.06. The van der Waals surface area contributed by atoms with Crippen LogP contribution in [-0.2, 0) is 4.74 Å². The molecule has 2 heterocycles. The minimum atomic E-state index is -0.586. The van der Waals surface area contributed by atoms with Crippen LogP contribution in [0, 0.1) is 17.0 Å². The van der Waals surface area contributed by atoms with Crippen LogP contribution in [0.3, 0.4) is 0 Å². The average molecular weight is 482 g/mol. The van der Waals surface area contributed by atoms with Gasteiger partial charge in [-0.15, -0.1) is 0 Å². The van der Waals surface area contributed by atoms with Crippen LogP contribution in [0.1, 0.15) is 50.5 Å². The summed E-state index contributed by atoms with van der Waals surface area (Å²) in [7, 11) is 0. The second kappa shape index (κ2) is 9.10. The molecule has 0 radical (unpaired) electrons. The number of carbonyl (C=O) groups is 2. The highest BCUT2D eigenvalue weighted by Gasteiger charge is 2.43. The third-order valence-electron chi connectivity index (χ3n) is 6.17. The van der Waals surface area contributed by atoms with Gasteiger partial charge in [-0.3, -0.25) is 24.9 Å². The van der Waals surface area contributed by atoms with E-state index in [9.17, 15) is 19.7 Å². The molecule has 0 bridgehead atoms. The number of nitrogens with one attached hydrogen (secondary N) is 1. The number of fused-ring (bicyclic) bond motifs is 1. The van der Waals surface area contributed by atoms with Gasteiger partial charge in [0.05, 0.1) is 28.8 Å². The number of aromatic amines is 1. The Morgan fingerprint density at radius 3 is 2.33 bits per heavy atom. The fraction of sp³-hybridized carbons (Fsp3) is 0.148. The van der Waals surface area contributed by atoms with Crippen LogP contribution < -0.4 is 4.90 Å². The molecule has 0 fully saturated rings. The molecule has 0 unspecified atom stereocenters. The van der Waals surface area contributed by atoms with Gasteiger partial charge in [0.2, 0.25) is 0 Å². The number of benzene rings is 3. The molecule has 0 saturated carbocycles. The quantitative estimate of drug-likeness (QED) is 0.229. The van der Waals surface area contributed by atoms with Gasteiger partial charge in [-0.25, -0.2) is 4.79 Å². The molecule has 4 aromatic rings. The molecule has 0 aliphatic carbocycles. The number of aryl methyl sites for hydroxylation is 1. The Morgan fingerprint density at radius 1 is 1.06 bits per heavy atom. The number of esters is 1. The lowest BCUT2D eigenvalue weighted by Crippen LogP contribution is -2.29. The standard InChI is InChI=1S/C27H22N4O5/c1-3-36-27(33)19-10-12-20(13-11-19)30-25(18-8-14-21(15-9-18)31(34)35)22-23(28-29-24(22)26(30)32)17-6-4-16(2)5-7-17/h4-15,25H,3H2,1-2H3,(H,28,29)/t25-/m0/s1. The van der Waals surface area contributed by atoms with Crippen molar-refractivity contribution < 1.29 is 19.2 Å². The van der Waals surface area contributed by atoms with Crippen molar-refractivity contribution in [1.82, 2.24) is 10.2 Å². The molecule has 1 aromatic heterocycles. The molecule has 1 atom stereocenters. The Labute approximate surface area is 206 Å². The van der Waals surface area contributed by atoms with E-state index in [0.29, 0.717) is 33.8 Å². The van der Waals surface area contributed by atoms with E-state index in [-0.39, 0.29) is 18.2 Å². The summed E-state index contributed by atoms with van der Waals surface area (Å²) in [4.78, 5) is 38.1. The highest BCUT2D eigenvalue weighted by atomic mass is 16.6. The van der Waals surface area contributed by atoms with E-state index in [2.05, 4.69) is 10.2 Å². The van der Waals surface area contributed by atoms with Gasteiger partial charge in [0.25, 0.3) is 11.6 Å². The number of aromatic nitrogens is 2. The van der Waals surface area contributed by atoms with Crippen LogP contribution in [0.4, 0.5) is 11.4 Å². The van der Waals surface area contributed by atoms with Crippen LogP contribution in [0.25, 0.3) is 11.3 Å². The molecule has 180 valence electrons. The number of rotatable bonds is 6. The summed E-state index contributed by atoms with van der Waals surface area (Å²) in [5.74, 6) is -0.733. The number of nitrogens with zero attached hydrogens (tertiary/aromatic N) is 3. The van der Waals surface area contributed by atoms with Gasteiger partial charge in [0, 0.05) is 28.9 Å². The summed E-state index contributed by atoms with van der Waals surface area (Å²) >= 11 is 0. The Hall–Kier alpha value is -4.79. The van der Waals surface area contributed by atoms with Gasteiger partial charge in [-0.1, -0.05) is 29.8 Å². The monoisotopic (exact) mass is 482 g/mol. The number of hydrogen-bond acceptors (Lipinski definition) is 6. The fourth-order valence-electron chi connectivity index (χ4n) is 4.41. The predicted molar refractivity (Wildman–Crippen MR) is 133 cm³/mol. The zero-order chi connectivity index (χ0) is 25.4. The minimum absolute atomic E-state index is 0.0420. The van der Waals surface area contributed by atoms with E-state index in [0.717, 1.165) is 11.1 Å². The first kappa shape index (κ1) is 23.0. The number of ether oxygens (including phenoxy) is 1. The normalized spacial score (nSPS) is 14.6. The summed E-state index contributed by atoms with van der Waals surface area (Å²) in [6.07, 6.45) is 0. The number of non-ortho nitro benzene ring substituents is 1. The number of carbonyl (C=O) groups excluding carboxylic acids is 2. The van der Waals surface area contributed by atoms with Crippen LogP contribution in [0.15, 0.2) is 72.8 Å². The third-order valence-corrected chi connectivity index (χ3v) is 6.17. The van der Waals surface area contributed by atoms with E-state index >= 15 is 0 Å². The van der Waals surface area contributed by atoms with Crippen molar-refractivity contribution in [3.63, 3.8) is 0 Å². The van der Waals surface area contributed by atoms with Crippen LogP contribution in [0.5, 0.6) is 0 Å². The smallest absolute Gasteiger partial charge is 0.338 e. The molecule has 9 heteroatoms. The third kappa shape index (κ3) is 3.90. The van der Waals surface area contributed by atoms with Crippen molar-refractivity contribution in [2.24, 2.45) is 0 Å². The van der Waals surface area contributed by atoms with Gasteiger partial charge < -0.3 is 4.74 Å². The average Bonchev–Trinajstić information content (AvgIpc) is 3.44. The van der Waals surface area contributed by atoms with E-state index < -0.39 is 16.9 Å². The zero-order valence-electron chi connectivity index (χ0n) is 19.6. The first-order valence-corrected chi connectivity index (χ1v) is 11.4. The number of amides is 1. The number of nitro groups is 1. The van der Waals surface area contributed by atoms with Crippen LogP contribution >= 0.6 is 0 Å². The van der Waals surface area contributed by atoms with Gasteiger partial charge in [0.15, 0.2) is 0 Å². The van der Waals surface area contributed by atoms with Crippen molar-refractivity contribution in [2.45, 2.75) is 19.9 Å². The molecule has 1 aliphatic rings. The Balaban J connectivity index is 1.63. The number of nitro benzene ring substituents is 1. The molecule has 1 amide bonds. The van der Waals surface area contributed by atoms with E-state index in [4.69, 9.17) is 4.74 Å². The highest BCUT2D eigenvalue weighted by molar-refractivity contribution is 6.12. The fourth-order valence-corrected chi connectivity index (χ4v) is 4.41. The molecule has 3 aromatic carbocycles. The van der Waals surface area contributed by atoms with Gasteiger partial charge in [-0.05, 0) is 55.8 Å². The molecule has 0 spiro atoms. The van der Waals surface area contributed by atoms with Crippen molar-refractivity contribution in [2.75, 3.05) is 11.5 Å². The summed E-state index contributed by atoms with van der Waals surface area (Å²) in [5.41, 5.74) is 5.20. The summed E-state index contributed by atoms with van der Waals surface area (Å²) in [6.45, 7) is 3.98. The van der Waals surface area contributed by atoms with Crippen LogP contribution in [-0.4, -0.2) is 33.6 Å². The number of hydrogen-bond donors (Lipinski definition) is 1. The largest absolute Gasteiger partial charge is 0.462 e. The van der Waals surface area contributed by atoms with Gasteiger partial charge in [-0.2, -0.15) is 5.10 Å². The molecule has 5 rings (SSSR count). The van der Waals surface area contributed by atoms with Gasteiger partial charge >= 0.3 is 5.97 Å². The summed E-state index contributed by atoms with van der Waals surface area (Å²) in [6, 6.07) is 20.0. The molecule has 0 saturated heterocycles. The van der Waals surface area contributed by atoms with Crippen molar-refractivity contribution in [3.05, 3.63) is 111 Å². The summed E-state index contributed by atoms with van der Waals surface area (Å²) in [5, 5.41) is 18.6. The Bertz CT molecular complexity index is 1460. The Morgan fingerprint density at radius 2 is 1.72 bits per heavy atom. The lowest BCUT2D eigenvalue weighted by atomic mass is 9.95. The van der Waals surface area contributed by atoms with Crippen molar-refractivity contribution in [1.29, 1.82) is 0 Å². The second-order valence-corrected chi connectivity index (χ2v) is 8.42. The number of anilines is 1. The second-order valence-electron chi connectivity index (χ2n) is 8.42. The van der Waals surface area contributed by atoms with Crippen LogP contribution in [0.2, 0.25) is 0 Å². The maximum Gasteiger partial charge on any atom is 0.338 e. The maximum atomic E-state index is 13.6. The predicted octanol–water partition coefficient (Wildman–Crippen LogP) is 5.22. The lowest BCUT2D eigenvalue weighted by Gasteiger charge is -2.26. The van der Waals surface area contributed by atoms with E-state index in [1.54, 1.807) is 48.2 Å². The maximum absolute atomic E-state index is 13.6. The molecule has 36 heavy (non-hydrogen) atoms.